The van der Waals surface area contributed by atoms with Gasteiger partial charge >= 0.3 is 0 Å². The summed E-state index contributed by atoms with van der Waals surface area (Å²) in [7, 11) is 1.55. The number of hydrogen-bond donors (Lipinski definition) is 1. The van der Waals surface area contributed by atoms with E-state index in [4.69, 9.17) is 16.3 Å². The van der Waals surface area contributed by atoms with Gasteiger partial charge in [0.05, 0.1) is 17.8 Å². The highest BCUT2D eigenvalue weighted by molar-refractivity contribution is 8.00. The monoisotopic (exact) mass is 541 g/mol. The number of para-hydroxylation sites is 1. The van der Waals surface area contributed by atoms with Crippen molar-refractivity contribution in [3.05, 3.63) is 113 Å². The second kappa shape index (κ2) is 11.5. The molecule has 2 heterocycles. The van der Waals surface area contributed by atoms with E-state index < -0.39 is 5.25 Å². The lowest BCUT2D eigenvalue weighted by Gasteiger charge is -2.19. The largest absolute Gasteiger partial charge is 0.495 e. The van der Waals surface area contributed by atoms with E-state index >= 15 is 0 Å². The standard InChI is InChI=1S/C29H24ClN5O2S/c1-19-8-6-7-11-24(19)35-27(21-14-16-31-17-15-21)33-34-29(35)38-26(20-9-4-3-5-10-20)28(36)32-22-12-13-25(37-2)23(30)18-22/h3-18,26H,1-2H3,(H,32,36)/t26-/m0/s1. The number of aromatic nitrogens is 4. The second-order valence-electron chi connectivity index (χ2n) is 8.41. The molecule has 0 spiro atoms. The number of nitrogens with one attached hydrogen (secondary N) is 1. The molecule has 38 heavy (non-hydrogen) atoms. The maximum atomic E-state index is 13.7. The Morgan fingerprint density at radius 2 is 1.71 bits per heavy atom. The third kappa shape index (κ3) is 5.41. The molecule has 0 radical (unpaired) electrons. The summed E-state index contributed by atoms with van der Waals surface area (Å²) in [6.45, 7) is 2.04. The van der Waals surface area contributed by atoms with Crippen LogP contribution in [0.2, 0.25) is 5.02 Å². The summed E-state index contributed by atoms with van der Waals surface area (Å²) in [6, 6.07) is 26.5. The maximum absolute atomic E-state index is 13.7. The Hall–Kier alpha value is -4.14. The summed E-state index contributed by atoms with van der Waals surface area (Å²) in [5, 5.41) is 12.4. The van der Waals surface area contributed by atoms with Crippen LogP contribution < -0.4 is 10.1 Å². The predicted octanol–water partition coefficient (Wildman–Crippen LogP) is 6.77. The minimum atomic E-state index is -0.616. The first-order chi connectivity index (χ1) is 18.5. The van der Waals surface area contributed by atoms with Crippen LogP contribution in [0.5, 0.6) is 5.75 Å². The number of carbonyl (C=O) groups is 1. The summed E-state index contributed by atoms with van der Waals surface area (Å²) in [5.41, 5.74) is 4.26. The fourth-order valence-corrected chi connectivity index (χ4v) is 5.33. The van der Waals surface area contributed by atoms with Crippen LogP contribution in [0, 0.1) is 6.92 Å². The third-order valence-electron chi connectivity index (χ3n) is 5.91. The number of methoxy groups -OCH3 is 1. The lowest BCUT2D eigenvalue weighted by Crippen LogP contribution is -2.19. The lowest BCUT2D eigenvalue weighted by molar-refractivity contribution is -0.115. The molecule has 0 saturated heterocycles. The van der Waals surface area contributed by atoms with Crippen molar-refractivity contribution in [1.82, 2.24) is 19.7 Å². The fraction of sp³-hybridized carbons (Fsp3) is 0.103. The van der Waals surface area contributed by atoms with Gasteiger partial charge in [0.2, 0.25) is 5.91 Å². The number of halogens is 1. The summed E-state index contributed by atoms with van der Waals surface area (Å²) in [6.07, 6.45) is 3.44. The topological polar surface area (TPSA) is 81.9 Å². The molecule has 0 aliphatic heterocycles. The van der Waals surface area contributed by atoms with Crippen LogP contribution in [-0.2, 0) is 4.79 Å². The minimum absolute atomic E-state index is 0.216. The van der Waals surface area contributed by atoms with Gasteiger partial charge in [-0.25, -0.2) is 0 Å². The van der Waals surface area contributed by atoms with E-state index in [9.17, 15) is 4.79 Å². The van der Waals surface area contributed by atoms with E-state index in [0.717, 1.165) is 22.4 Å². The molecule has 0 bridgehead atoms. The SMILES string of the molecule is COc1ccc(NC(=O)[C@@H](Sc2nnc(-c3ccncc3)n2-c2ccccc2C)c2ccccc2)cc1Cl. The Bertz CT molecular complexity index is 1560. The van der Waals surface area contributed by atoms with E-state index in [-0.39, 0.29) is 5.91 Å². The van der Waals surface area contributed by atoms with Gasteiger partial charge in [0.25, 0.3) is 0 Å². The molecule has 1 amide bonds. The second-order valence-corrected chi connectivity index (χ2v) is 9.89. The number of carbonyl (C=O) groups excluding carboxylic acids is 1. The van der Waals surface area contributed by atoms with Crippen molar-refractivity contribution < 1.29 is 9.53 Å². The number of rotatable bonds is 8. The highest BCUT2D eigenvalue weighted by atomic mass is 35.5. The van der Waals surface area contributed by atoms with E-state index in [1.807, 2.05) is 78.2 Å². The molecular formula is C29H24ClN5O2S. The molecular weight excluding hydrogens is 518 g/mol. The Balaban J connectivity index is 1.56. The molecule has 2 aromatic heterocycles. The quantitative estimate of drug-likeness (QED) is 0.218. The predicted molar refractivity (Wildman–Crippen MR) is 151 cm³/mol. The zero-order valence-electron chi connectivity index (χ0n) is 20.7. The number of thioether (sulfide) groups is 1. The number of pyridine rings is 1. The van der Waals surface area contributed by atoms with Gasteiger partial charge in [0.15, 0.2) is 11.0 Å². The molecule has 0 aliphatic carbocycles. The van der Waals surface area contributed by atoms with Crippen molar-refractivity contribution in [2.75, 3.05) is 12.4 Å². The van der Waals surface area contributed by atoms with Gasteiger partial charge < -0.3 is 10.1 Å². The van der Waals surface area contributed by atoms with Crippen LogP contribution in [0.4, 0.5) is 5.69 Å². The summed E-state index contributed by atoms with van der Waals surface area (Å²) in [4.78, 5) is 17.8. The molecule has 0 fully saturated rings. The smallest absolute Gasteiger partial charge is 0.242 e. The van der Waals surface area contributed by atoms with Crippen LogP contribution in [0.3, 0.4) is 0 Å². The summed E-state index contributed by atoms with van der Waals surface area (Å²) in [5.74, 6) is 0.985. The van der Waals surface area contributed by atoms with Crippen LogP contribution in [0.15, 0.2) is 102 Å². The van der Waals surface area contributed by atoms with Crippen LogP contribution >= 0.6 is 23.4 Å². The highest BCUT2D eigenvalue weighted by Crippen LogP contribution is 2.39. The Morgan fingerprint density at radius 3 is 2.42 bits per heavy atom. The van der Waals surface area contributed by atoms with Gasteiger partial charge in [0.1, 0.15) is 11.0 Å². The Morgan fingerprint density at radius 1 is 0.974 bits per heavy atom. The number of nitrogens with zero attached hydrogens (tertiary/aromatic N) is 4. The normalized spacial score (nSPS) is 11.7. The van der Waals surface area contributed by atoms with Crippen molar-refractivity contribution in [2.45, 2.75) is 17.3 Å². The van der Waals surface area contributed by atoms with Crippen LogP contribution in [-0.4, -0.2) is 32.8 Å². The number of benzene rings is 3. The summed E-state index contributed by atoms with van der Waals surface area (Å²) < 4.78 is 7.22. The zero-order valence-corrected chi connectivity index (χ0v) is 22.3. The van der Waals surface area contributed by atoms with E-state index in [1.165, 1.54) is 11.8 Å². The molecule has 190 valence electrons. The minimum Gasteiger partial charge on any atom is -0.495 e. The average molecular weight is 542 g/mol. The molecule has 5 aromatic rings. The molecule has 9 heteroatoms. The number of hydrogen-bond acceptors (Lipinski definition) is 6. The van der Waals surface area contributed by atoms with E-state index in [1.54, 1.807) is 37.7 Å². The lowest BCUT2D eigenvalue weighted by atomic mass is 10.1. The molecule has 1 atom stereocenters. The number of aryl methyl sites for hydroxylation is 1. The van der Waals surface area contributed by atoms with Crippen molar-refractivity contribution in [3.63, 3.8) is 0 Å². The van der Waals surface area contributed by atoms with Crippen LogP contribution in [0.25, 0.3) is 17.1 Å². The molecule has 3 aromatic carbocycles. The first kappa shape index (κ1) is 25.5. The van der Waals surface area contributed by atoms with Gasteiger partial charge in [0, 0.05) is 23.6 Å². The van der Waals surface area contributed by atoms with Crippen LogP contribution in [0.1, 0.15) is 16.4 Å². The van der Waals surface area contributed by atoms with Crippen molar-refractivity contribution >= 4 is 35.0 Å². The molecule has 0 aliphatic rings. The third-order valence-corrected chi connectivity index (χ3v) is 7.40. The van der Waals surface area contributed by atoms with Crippen molar-refractivity contribution in [2.24, 2.45) is 0 Å². The maximum Gasteiger partial charge on any atom is 0.242 e. The Labute approximate surface area is 229 Å². The average Bonchev–Trinajstić information content (AvgIpc) is 3.36. The molecule has 1 N–H and O–H groups in total. The molecule has 5 rings (SSSR count). The number of anilines is 1. The summed E-state index contributed by atoms with van der Waals surface area (Å²) >= 11 is 7.63. The van der Waals surface area contributed by atoms with Crippen molar-refractivity contribution in [1.29, 1.82) is 0 Å². The van der Waals surface area contributed by atoms with Gasteiger partial charge in [-0.05, 0) is 54.4 Å². The first-order valence-electron chi connectivity index (χ1n) is 11.8. The Kier molecular flexibility index (Phi) is 7.72. The zero-order chi connectivity index (χ0) is 26.5. The van der Waals surface area contributed by atoms with Gasteiger partial charge in [-0.2, -0.15) is 0 Å². The molecule has 0 unspecified atom stereocenters. The van der Waals surface area contributed by atoms with Gasteiger partial charge in [-0.15, -0.1) is 10.2 Å². The van der Waals surface area contributed by atoms with E-state index in [0.29, 0.717) is 27.4 Å². The van der Waals surface area contributed by atoms with Gasteiger partial charge in [-0.3, -0.25) is 14.3 Å². The molecule has 7 nitrogen and oxygen atoms in total. The number of ether oxygens (including phenoxy) is 1. The van der Waals surface area contributed by atoms with E-state index in [2.05, 4.69) is 20.5 Å². The van der Waals surface area contributed by atoms with Gasteiger partial charge in [-0.1, -0.05) is 71.9 Å². The molecule has 0 saturated carbocycles. The van der Waals surface area contributed by atoms with Crippen molar-refractivity contribution in [3.8, 4) is 22.8 Å². The first-order valence-corrected chi connectivity index (χ1v) is 13.1. The fourth-order valence-electron chi connectivity index (χ4n) is 4.02. The number of amides is 1. The highest BCUT2D eigenvalue weighted by Gasteiger charge is 2.27.